The summed E-state index contributed by atoms with van der Waals surface area (Å²) in [4.78, 5) is 46.5. The SMILES string of the molecule is CC(=O)OC[C@H]1O[C@@H](c2ccc(F)cc2)[C@H](OC(C)=O)[C@@H](OC(C)=O)[C@@H]1OC(C)=O. The van der Waals surface area contributed by atoms with Crippen molar-refractivity contribution < 1.29 is 47.3 Å². The molecule has 0 spiro atoms. The molecule has 164 valence electrons. The van der Waals surface area contributed by atoms with Crippen LogP contribution >= 0.6 is 0 Å². The average molecular weight is 426 g/mol. The Hall–Kier alpha value is -3.01. The van der Waals surface area contributed by atoms with Gasteiger partial charge in [0.15, 0.2) is 18.3 Å². The molecule has 1 aromatic rings. The average Bonchev–Trinajstić information content (AvgIpc) is 2.63. The quantitative estimate of drug-likeness (QED) is 0.494. The Morgan fingerprint density at radius 2 is 1.30 bits per heavy atom. The van der Waals surface area contributed by atoms with Crippen LogP contribution in [0.4, 0.5) is 4.39 Å². The van der Waals surface area contributed by atoms with Gasteiger partial charge in [-0.3, -0.25) is 19.2 Å². The molecule has 0 bridgehead atoms. The van der Waals surface area contributed by atoms with Crippen molar-refractivity contribution in [3.05, 3.63) is 35.6 Å². The van der Waals surface area contributed by atoms with E-state index in [2.05, 4.69) is 0 Å². The third-order valence-electron chi connectivity index (χ3n) is 4.19. The number of hydrogen-bond acceptors (Lipinski definition) is 9. The topological polar surface area (TPSA) is 114 Å². The van der Waals surface area contributed by atoms with Gasteiger partial charge in [-0.25, -0.2) is 4.39 Å². The highest BCUT2D eigenvalue weighted by Crippen LogP contribution is 2.37. The summed E-state index contributed by atoms with van der Waals surface area (Å²) >= 11 is 0. The van der Waals surface area contributed by atoms with E-state index in [1.54, 1.807) is 0 Å². The summed E-state index contributed by atoms with van der Waals surface area (Å²) < 4.78 is 40.3. The minimum Gasteiger partial charge on any atom is -0.463 e. The predicted octanol–water partition coefficient (Wildman–Crippen LogP) is 1.62. The zero-order valence-corrected chi connectivity index (χ0v) is 17.0. The third-order valence-corrected chi connectivity index (χ3v) is 4.19. The molecule has 1 aliphatic heterocycles. The maximum Gasteiger partial charge on any atom is 0.303 e. The van der Waals surface area contributed by atoms with E-state index in [4.69, 9.17) is 23.7 Å². The summed E-state index contributed by atoms with van der Waals surface area (Å²) in [7, 11) is 0. The molecule has 0 radical (unpaired) electrons. The highest BCUT2D eigenvalue weighted by molar-refractivity contribution is 5.68. The second kappa shape index (κ2) is 10.1. The number of esters is 4. The van der Waals surface area contributed by atoms with Crippen LogP contribution in [0, 0.1) is 5.82 Å². The maximum absolute atomic E-state index is 13.4. The minimum atomic E-state index is -1.26. The van der Waals surface area contributed by atoms with E-state index in [0.29, 0.717) is 5.56 Å². The first kappa shape index (κ1) is 23.3. The highest BCUT2D eigenvalue weighted by atomic mass is 19.1. The summed E-state index contributed by atoms with van der Waals surface area (Å²) in [6.45, 7) is 4.29. The van der Waals surface area contributed by atoms with Gasteiger partial charge in [0.05, 0.1) is 0 Å². The van der Waals surface area contributed by atoms with Crippen molar-refractivity contribution in [1.82, 2.24) is 0 Å². The number of benzene rings is 1. The summed E-state index contributed by atoms with van der Waals surface area (Å²) in [6, 6.07) is 5.19. The molecule has 1 fully saturated rings. The van der Waals surface area contributed by atoms with E-state index in [9.17, 15) is 23.6 Å². The molecule has 0 aromatic heterocycles. The standard InChI is InChI=1S/C20H23FO9/c1-10(22)26-9-16-18(27-11(2)23)20(29-13(4)25)19(28-12(3)24)17(30-16)14-5-7-15(21)8-6-14/h5-8,16-20H,9H2,1-4H3/t16-,17+,18-,19+,20+/m1/s1. The van der Waals surface area contributed by atoms with E-state index in [1.165, 1.54) is 31.2 Å². The molecule has 10 heteroatoms. The van der Waals surface area contributed by atoms with Gasteiger partial charge < -0.3 is 23.7 Å². The number of carbonyl (C=O) groups excluding carboxylic acids is 4. The molecule has 1 heterocycles. The van der Waals surface area contributed by atoms with Gasteiger partial charge >= 0.3 is 23.9 Å². The van der Waals surface area contributed by atoms with Crippen molar-refractivity contribution in [2.24, 2.45) is 0 Å². The first-order valence-electron chi connectivity index (χ1n) is 9.14. The summed E-state index contributed by atoms with van der Waals surface area (Å²) in [5, 5.41) is 0. The van der Waals surface area contributed by atoms with Crippen LogP contribution in [0.1, 0.15) is 39.4 Å². The van der Waals surface area contributed by atoms with Crippen molar-refractivity contribution in [2.45, 2.75) is 58.2 Å². The van der Waals surface area contributed by atoms with Crippen LogP contribution in [-0.4, -0.2) is 54.9 Å². The lowest BCUT2D eigenvalue weighted by Gasteiger charge is -2.44. The van der Waals surface area contributed by atoms with Crippen LogP contribution in [0.25, 0.3) is 0 Å². The Morgan fingerprint density at radius 3 is 1.80 bits per heavy atom. The molecule has 5 atom stereocenters. The van der Waals surface area contributed by atoms with Crippen molar-refractivity contribution in [3.63, 3.8) is 0 Å². The van der Waals surface area contributed by atoms with Crippen LogP contribution in [0.3, 0.4) is 0 Å². The fourth-order valence-corrected chi connectivity index (χ4v) is 3.15. The largest absolute Gasteiger partial charge is 0.463 e. The van der Waals surface area contributed by atoms with Gasteiger partial charge in [-0.05, 0) is 17.7 Å². The molecule has 1 aromatic carbocycles. The van der Waals surface area contributed by atoms with Gasteiger partial charge in [0.1, 0.15) is 24.6 Å². The molecule has 0 N–H and O–H groups in total. The third kappa shape index (κ3) is 6.24. The van der Waals surface area contributed by atoms with E-state index in [0.717, 1.165) is 20.8 Å². The van der Waals surface area contributed by atoms with E-state index in [-0.39, 0.29) is 6.61 Å². The molecule has 2 rings (SSSR count). The van der Waals surface area contributed by atoms with Crippen molar-refractivity contribution in [2.75, 3.05) is 6.61 Å². The van der Waals surface area contributed by atoms with E-state index < -0.39 is 60.2 Å². The minimum absolute atomic E-state index is 0.324. The summed E-state index contributed by atoms with van der Waals surface area (Å²) in [5.74, 6) is -3.24. The second-order valence-electron chi connectivity index (χ2n) is 6.67. The lowest BCUT2D eigenvalue weighted by Crippen LogP contribution is -2.59. The number of hydrogen-bond donors (Lipinski definition) is 0. The fourth-order valence-electron chi connectivity index (χ4n) is 3.15. The predicted molar refractivity (Wildman–Crippen MR) is 97.3 cm³/mol. The number of ether oxygens (including phenoxy) is 5. The number of halogens is 1. The molecule has 0 amide bonds. The van der Waals surface area contributed by atoms with Gasteiger partial charge in [-0.1, -0.05) is 12.1 Å². The molecule has 0 saturated carbocycles. The molecule has 1 aliphatic rings. The summed E-state index contributed by atoms with van der Waals surface area (Å²) in [6.07, 6.45) is -5.78. The van der Waals surface area contributed by atoms with E-state index >= 15 is 0 Å². The van der Waals surface area contributed by atoms with Gasteiger partial charge in [-0.15, -0.1) is 0 Å². The maximum atomic E-state index is 13.4. The first-order chi connectivity index (χ1) is 14.1. The second-order valence-corrected chi connectivity index (χ2v) is 6.67. The molecule has 0 unspecified atom stereocenters. The van der Waals surface area contributed by atoms with Crippen molar-refractivity contribution in [3.8, 4) is 0 Å². The van der Waals surface area contributed by atoms with Crippen molar-refractivity contribution >= 4 is 23.9 Å². The molecule has 0 aliphatic carbocycles. The smallest absolute Gasteiger partial charge is 0.303 e. The van der Waals surface area contributed by atoms with Crippen LogP contribution in [0.2, 0.25) is 0 Å². The van der Waals surface area contributed by atoms with Crippen molar-refractivity contribution in [1.29, 1.82) is 0 Å². The normalized spacial score (nSPS) is 25.7. The van der Waals surface area contributed by atoms with Crippen LogP contribution in [-0.2, 0) is 42.9 Å². The molecular formula is C20H23FO9. The lowest BCUT2D eigenvalue weighted by molar-refractivity contribution is -0.254. The Balaban J connectivity index is 2.51. The van der Waals surface area contributed by atoms with Crippen LogP contribution < -0.4 is 0 Å². The Kier molecular flexibility index (Phi) is 7.87. The Labute approximate surface area is 172 Å². The summed E-state index contributed by atoms with van der Waals surface area (Å²) in [5.41, 5.74) is 0.411. The highest BCUT2D eigenvalue weighted by Gasteiger charge is 2.52. The number of carbonyl (C=O) groups is 4. The first-order valence-corrected chi connectivity index (χ1v) is 9.14. The molecule has 9 nitrogen and oxygen atoms in total. The van der Waals surface area contributed by atoms with Gasteiger partial charge in [0, 0.05) is 27.7 Å². The zero-order valence-electron chi connectivity index (χ0n) is 17.0. The zero-order chi connectivity index (χ0) is 22.4. The lowest BCUT2D eigenvalue weighted by atomic mass is 9.90. The van der Waals surface area contributed by atoms with Crippen LogP contribution in [0.15, 0.2) is 24.3 Å². The number of rotatable bonds is 6. The van der Waals surface area contributed by atoms with Gasteiger partial charge in [-0.2, -0.15) is 0 Å². The van der Waals surface area contributed by atoms with Gasteiger partial charge in [0.2, 0.25) is 0 Å². The molecule has 30 heavy (non-hydrogen) atoms. The molecule has 1 saturated heterocycles. The Morgan fingerprint density at radius 1 is 0.800 bits per heavy atom. The fraction of sp³-hybridized carbons (Fsp3) is 0.500. The monoisotopic (exact) mass is 426 g/mol. The van der Waals surface area contributed by atoms with Gasteiger partial charge in [0.25, 0.3) is 0 Å². The Bertz CT molecular complexity index is 792. The van der Waals surface area contributed by atoms with E-state index in [1.807, 2.05) is 0 Å². The van der Waals surface area contributed by atoms with Crippen LogP contribution in [0.5, 0.6) is 0 Å². The molecular weight excluding hydrogens is 403 g/mol.